The number of ether oxygens (including phenoxy) is 4. The molecule has 0 aromatic carbocycles. The van der Waals surface area contributed by atoms with Crippen molar-refractivity contribution in [3.8, 4) is 0 Å². The van der Waals surface area contributed by atoms with Gasteiger partial charge in [-0.05, 0) is 44.2 Å². The molecule has 1 spiro atoms. The number of aliphatic hydroxyl groups excluding tert-OH is 3. The van der Waals surface area contributed by atoms with Gasteiger partial charge in [-0.25, -0.2) is 4.79 Å². The maximum absolute atomic E-state index is 13.7. The van der Waals surface area contributed by atoms with Crippen molar-refractivity contribution in [2.75, 3.05) is 0 Å². The van der Waals surface area contributed by atoms with Crippen molar-refractivity contribution in [3.05, 3.63) is 24.2 Å². The second-order valence-corrected chi connectivity index (χ2v) is 15.5. The van der Waals surface area contributed by atoms with Crippen LogP contribution in [-0.4, -0.2) is 81.1 Å². The Balaban J connectivity index is 1.58. The molecule has 3 aliphatic carbocycles. The average molecular weight is 633 g/mol. The Kier molecular flexibility index (Phi) is 7.41. The normalized spacial score (nSPS) is 47.5. The third-order valence-corrected chi connectivity index (χ3v) is 13.2. The number of furan rings is 1. The molecule has 11 heteroatoms. The Labute approximate surface area is 263 Å². The number of aliphatic hydroxyl groups is 3. The van der Waals surface area contributed by atoms with Crippen molar-refractivity contribution in [2.45, 2.75) is 135 Å². The largest absolute Gasteiger partial charge is 0.472 e. The highest BCUT2D eigenvalue weighted by Gasteiger charge is 2.90. The van der Waals surface area contributed by atoms with Gasteiger partial charge in [0.25, 0.3) is 0 Å². The molecule has 3 heterocycles. The van der Waals surface area contributed by atoms with E-state index in [-0.39, 0.29) is 12.8 Å². The summed E-state index contributed by atoms with van der Waals surface area (Å²) in [6.45, 7) is 14.3. The molecule has 0 amide bonds. The van der Waals surface area contributed by atoms with Crippen molar-refractivity contribution in [1.29, 1.82) is 0 Å². The summed E-state index contributed by atoms with van der Waals surface area (Å²) in [6.07, 6.45) is -2.38. The van der Waals surface area contributed by atoms with Gasteiger partial charge in [-0.3, -0.25) is 9.59 Å². The average Bonchev–Trinajstić information content (AvgIpc) is 3.55. The van der Waals surface area contributed by atoms with Crippen LogP contribution < -0.4 is 0 Å². The molecule has 5 aliphatic rings. The molecule has 5 fully saturated rings. The Morgan fingerprint density at radius 2 is 1.78 bits per heavy atom. The van der Waals surface area contributed by atoms with E-state index in [0.29, 0.717) is 12.8 Å². The number of rotatable bonds is 6. The highest BCUT2D eigenvalue weighted by Crippen LogP contribution is 2.81. The predicted molar refractivity (Wildman–Crippen MR) is 157 cm³/mol. The van der Waals surface area contributed by atoms with Gasteiger partial charge in [-0.2, -0.15) is 0 Å². The van der Waals surface area contributed by atoms with E-state index in [1.807, 2.05) is 41.5 Å². The van der Waals surface area contributed by atoms with Gasteiger partial charge < -0.3 is 38.7 Å². The zero-order valence-electron chi connectivity index (χ0n) is 27.4. The topological polar surface area (TPSA) is 162 Å². The second kappa shape index (κ2) is 10.3. The molecule has 1 aromatic rings. The summed E-state index contributed by atoms with van der Waals surface area (Å²) in [4.78, 5) is 39.4. The number of fused-ring (bicyclic) bond motifs is 2. The quantitative estimate of drug-likeness (QED) is 0.312. The smallest absolute Gasteiger partial charge is 0.335 e. The SMILES string of the molecule is CCC(C)C(O)C(=O)OC1C(O)C2C3(C)C(OC(C)=O)CC(=O)OC(C)(C)C3CC3OC4(C(O)CC(c5ccoc5)C14C)C32C. The van der Waals surface area contributed by atoms with Crippen molar-refractivity contribution >= 4 is 17.9 Å². The molecule has 1 aromatic heterocycles. The van der Waals surface area contributed by atoms with Gasteiger partial charge in [0.15, 0.2) is 6.10 Å². The minimum Gasteiger partial charge on any atom is -0.472 e. The van der Waals surface area contributed by atoms with Crippen molar-refractivity contribution in [3.63, 3.8) is 0 Å². The van der Waals surface area contributed by atoms with Crippen LogP contribution in [0.5, 0.6) is 0 Å². The van der Waals surface area contributed by atoms with Crippen molar-refractivity contribution in [2.24, 2.45) is 34.0 Å². The summed E-state index contributed by atoms with van der Waals surface area (Å²) in [6, 6.07) is 1.80. The lowest BCUT2D eigenvalue weighted by atomic mass is 9.32. The van der Waals surface area contributed by atoms with Crippen LogP contribution in [-0.2, 0) is 33.3 Å². The molecule has 2 saturated heterocycles. The molecule has 0 bridgehead atoms. The Morgan fingerprint density at radius 3 is 2.38 bits per heavy atom. The Bertz CT molecular complexity index is 1360. The minimum absolute atomic E-state index is 0.220. The highest BCUT2D eigenvalue weighted by atomic mass is 16.6. The standard InChI is InChI=1S/C34H48O11/c1-9-16(2)25(38)29(40)43-28-26(39)27-31(6)20(30(4,5)45-24(37)14-22(31)42-17(3)35)13-23-33(27,8)34(44-23)21(36)12-19(32(28,34)7)18-10-11-41-15-18/h10-11,15-16,19-23,25-28,36,38-39H,9,12-14H2,1-8H3. The first-order valence-electron chi connectivity index (χ1n) is 16.3. The Hall–Kier alpha value is -2.47. The van der Waals surface area contributed by atoms with E-state index in [1.54, 1.807) is 25.5 Å². The summed E-state index contributed by atoms with van der Waals surface area (Å²) in [5.74, 6) is -4.03. The first kappa shape index (κ1) is 32.5. The molecule has 6 rings (SSSR count). The fraction of sp³-hybridized carbons (Fsp3) is 0.794. The van der Waals surface area contributed by atoms with Crippen LogP contribution in [0.4, 0.5) is 0 Å². The molecule has 11 nitrogen and oxygen atoms in total. The molecule has 3 N–H and O–H groups in total. The number of carbonyl (C=O) groups is 3. The van der Waals surface area contributed by atoms with Crippen LogP contribution >= 0.6 is 0 Å². The molecule has 14 atom stereocenters. The zero-order valence-corrected chi connectivity index (χ0v) is 27.4. The second-order valence-electron chi connectivity index (χ2n) is 15.5. The molecule has 2 aliphatic heterocycles. The fourth-order valence-electron chi connectivity index (χ4n) is 11.2. The zero-order chi connectivity index (χ0) is 33.1. The molecule has 14 unspecified atom stereocenters. The van der Waals surface area contributed by atoms with Gasteiger partial charge in [0.05, 0.1) is 37.3 Å². The predicted octanol–water partition coefficient (Wildman–Crippen LogP) is 3.27. The van der Waals surface area contributed by atoms with E-state index in [4.69, 9.17) is 23.4 Å². The van der Waals surface area contributed by atoms with Crippen LogP contribution in [0.25, 0.3) is 0 Å². The summed E-state index contributed by atoms with van der Waals surface area (Å²) >= 11 is 0. The first-order valence-corrected chi connectivity index (χ1v) is 16.3. The molecule has 45 heavy (non-hydrogen) atoms. The monoisotopic (exact) mass is 632 g/mol. The van der Waals surface area contributed by atoms with E-state index >= 15 is 0 Å². The first-order chi connectivity index (χ1) is 20.9. The summed E-state index contributed by atoms with van der Waals surface area (Å²) in [5, 5.41) is 35.9. The number of hydrogen-bond acceptors (Lipinski definition) is 11. The number of cyclic esters (lactones) is 1. The van der Waals surface area contributed by atoms with Gasteiger partial charge in [0.1, 0.15) is 23.4 Å². The van der Waals surface area contributed by atoms with Gasteiger partial charge in [-0.1, -0.05) is 41.0 Å². The van der Waals surface area contributed by atoms with E-state index in [0.717, 1.165) is 5.56 Å². The molecule has 0 radical (unpaired) electrons. The van der Waals surface area contributed by atoms with Crippen molar-refractivity contribution < 1.29 is 53.1 Å². The van der Waals surface area contributed by atoms with Gasteiger partial charge in [0, 0.05) is 40.9 Å². The van der Waals surface area contributed by atoms with E-state index in [9.17, 15) is 29.7 Å². The number of esters is 3. The molecular weight excluding hydrogens is 584 g/mol. The van der Waals surface area contributed by atoms with Gasteiger partial charge >= 0.3 is 17.9 Å². The van der Waals surface area contributed by atoms with Crippen molar-refractivity contribution in [1.82, 2.24) is 0 Å². The lowest BCUT2D eigenvalue weighted by Crippen LogP contribution is -2.89. The minimum atomic E-state index is -1.44. The lowest BCUT2D eigenvalue weighted by molar-refractivity contribution is -0.463. The third-order valence-electron chi connectivity index (χ3n) is 13.2. The molecule has 3 saturated carbocycles. The lowest BCUT2D eigenvalue weighted by Gasteiger charge is -2.80. The van der Waals surface area contributed by atoms with E-state index in [1.165, 1.54) is 6.92 Å². The van der Waals surface area contributed by atoms with Gasteiger partial charge in [-0.15, -0.1) is 0 Å². The summed E-state index contributed by atoms with van der Waals surface area (Å²) < 4.78 is 30.5. The summed E-state index contributed by atoms with van der Waals surface area (Å²) in [7, 11) is 0. The maximum Gasteiger partial charge on any atom is 0.335 e. The van der Waals surface area contributed by atoms with Crippen LogP contribution in [0.3, 0.4) is 0 Å². The molecule has 250 valence electrons. The van der Waals surface area contributed by atoms with Gasteiger partial charge in [0.2, 0.25) is 0 Å². The maximum atomic E-state index is 13.7. The number of carbonyl (C=O) groups excluding carboxylic acids is 3. The molecular formula is C34H48O11. The Morgan fingerprint density at radius 1 is 1.09 bits per heavy atom. The van der Waals surface area contributed by atoms with E-state index in [2.05, 4.69) is 0 Å². The van der Waals surface area contributed by atoms with Crippen LogP contribution in [0, 0.1) is 34.0 Å². The van der Waals surface area contributed by atoms with Crippen LogP contribution in [0.2, 0.25) is 0 Å². The van der Waals surface area contributed by atoms with Crippen LogP contribution in [0.15, 0.2) is 23.0 Å². The van der Waals surface area contributed by atoms with Crippen LogP contribution in [0.1, 0.15) is 92.6 Å². The highest BCUT2D eigenvalue weighted by molar-refractivity contribution is 5.75. The number of hydrogen-bond donors (Lipinski definition) is 3. The van der Waals surface area contributed by atoms with E-state index < -0.39 is 106 Å². The fourth-order valence-corrected chi connectivity index (χ4v) is 11.2. The third kappa shape index (κ3) is 3.93. The summed E-state index contributed by atoms with van der Waals surface area (Å²) in [5.41, 5.74) is -4.73.